The standard InChI is InChI=1S/C6H9O2.3C4H9.Sn/c1-5(2)4-6(7)8-3;3*1-3-4-2;/h1-2,4H2,3H3;3*1,3-4H2,2H3;. The second kappa shape index (κ2) is 12.5. The van der Waals surface area contributed by atoms with Crippen molar-refractivity contribution >= 4 is 24.3 Å². The third kappa shape index (κ3) is 9.59. The Balaban J connectivity index is 4.84. The Morgan fingerprint density at radius 3 is 1.71 bits per heavy atom. The van der Waals surface area contributed by atoms with E-state index in [-0.39, 0.29) is 5.97 Å². The van der Waals surface area contributed by atoms with E-state index >= 15 is 0 Å². The average molecular weight is 403 g/mol. The van der Waals surface area contributed by atoms with Crippen LogP contribution in [0.2, 0.25) is 17.7 Å². The molecule has 0 aliphatic rings. The molecule has 0 radical (unpaired) electrons. The van der Waals surface area contributed by atoms with E-state index in [1.165, 1.54) is 63.4 Å². The molecule has 0 atom stereocenters. The molecule has 0 aliphatic carbocycles. The maximum atomic E-state index is 11.5. The molecule has 0 unspecified atom stereocenters. The molecule has 0 rings (SSSR count). The first-order valence-electron chi connectivity index (χ1n) is 8.77. The van der Waals surface area contributed by atoms with Gasteiger partial charge in [0, 0.05) is 0 Å². The number of esters is 1. The molecule has 0 saturated carbocycles. The molecule has 0 N–H and O–H groups in total. The molecule has 0 fully saturated rings. The van der Waals surface area contributed by atoms with Crippen LogP contribution in [-0.2, 0) is 9.53 Å². The predicted octanol–water partition coefficient (Wildman–Crippen LogP) is 5.95. The molecular formula is C18H36O2Sn. The number of hydrogen-bond acceptors (Lipinski definition) is 2. The van der Waals surface area contributed by atoms with E-state index in [0.29, 0.717) is 6.42 Å². The van der Waals surface area contributed by atoms with Gasteiger partial charge in [-0.05, 0) is 0 Å². The topological polar surface area (TPSA) is 26.3 Å². The molecule has 0 aromatic rings. The Hall–Kier alpha value is 0.00870. The summed E-state index contributed by atoms with van der Waals surface area (Å²) in [5.74, 6) is -0.123. The number of carbonyl (C=O) groups is 1. The van der Waals surface area contributed by atoms with E-state index in [4.69, 9.17) is 4.74 Å². The van der Waals surface area contributed by atoms with Crippen LogP contribution in [0.15, 0.2) is 12.2 Å². The van der Waals surface area contributed by atoms with Crippen molar-refractivity contribution in [2.75, 3.05) is 7.11 Å². The number of carbonyl (C=O) groups excluding carboxylic acids is 1. The van der Waals surface area contributed by atoms with Gasteiger partial charge in [0.2, 0.25) is 0 Å². The van der Waals surface area contributed by atoms with Gasteiger partial charge in [0.1, 0.15) is 0 Å². The van der Waals surface area contributed by atoms with Gasteiger partial charge in [-0.25, -0.2) is 0 Å². The predicted molar refractivity (Wildman–Crippen MR) is 95.5 cm³/mol. The van der Waals surface area contributed by atoms with E-state index < -0.39 is 18.4 Å². The molecule has 0 bridgehead atoms. The Bertz CT molecular complexity index is 278. The monoisotopic (exact) mass is 404 g/mol. The first-order valence-corrected chi connectivity index (χ1v) is 16.8. The zero-order valence-corrected chi connectivity index (χ0v) is 17.7. The zero-order chi connectivity index (χ0) is 16.1. The molecule has 0 amide bonds. The average Bonchev–Trinajstić information content (AvgIpc) is 2.48. The summed E-state index contributed by atoms with van der Waals surface area (Å²) in [6.45, 7) is 11.1. The van der Waals surface area contributed by atoms with Crippen LogP contribution in [0.3, 0.4) is 0 Å². The summed E-state index contributed by atoms with van der Waals surface area (Å²) in [6, 6.07) is 0. The fourth-order valence-electron chi connectivity index (χ4n) is 3.16. The molecule has 21 heavy (non-hydrogen) atoms. The number of unbranched alkanes of at least 4 members (excludes halogenated alkanes) is 3. The number of rotatable bonds is 13. The maximum absolute atomic E-state index is 11.5. The molecule has 0 saturated heterocycles. The molecule has 0 aromatic carbocycles. The van der Waals surface area contributed by atoms with Gasteiger partial charge >= 0.3 is 137 Å². The quantitative estimate of drug-likeness (QED) is 0.216. The van der Waals surface area contributed by atoms with Crippen LogP contribution in [0.4, 0.5) is 0 Å². The van der Waals surface area contributed by atoms with Crippen molar-refractivity contribution in [3.05, 3.63) is 12.2 Å². The second-order valence-corrected chi connectivity index (χ2v) is 20.3. The summed E-state index contributed by atoms with van der Waals surface area (Å²) in [5, 5.41) is 0. The van der Waals surface area contributed by atoms with E-state index in [2.05, 4.69) is 27.4 Å². The third-order valence-corrected chi connectivity index (χ3v) is 20.1. The van der Waals surface area contributed by atoms with Crippen LogP contribution >= 0.6 is 0 Å². The number of hydrogen-bond donors (Lipinski definition) is 0. The normalized spacial score (nSPS) is 11.4. The van der Waals surface area contributed by atoms with Crippen LogP contribution in [0.5, 0.6) is 0 Å². The van der Waals surface area contributed by atoms with Gasteiger partial charge in [-0.2, -0.15) is 0 Å². The summed E-state index contributed by atoms with van der Waals surface area (Å²) in [6.07, 6.45) is 8.42. The molecule has 0 aliphatic heterocycles. The van der Waals surface area contributed by atoms with Gasteiger partial charge in [0.25, 0.3) is 0 Å². The van der Waals surface area contributed by atoms with Gasteiger partial charge < -0.3 is 0 Å². The van der Waals surface area contributed by atoms with Gasteiger partial charge in [-0.15, -0.1) is 0 Å². The molecule has 3 heteroatoms. The third-order valence-electron chi connectivity index (χ3n) is 4.43. The summed E-state index contributed by atoms with van der Waals surface area (Å²) >= 11 is -2.16. The van der Waals surface area contributed by atoms with Crippen LogP contribution in [0.25, 0.3) is 0 Å². The first kappa shape index (κ1) is 21.0. The molecule has 0 aromatic heterocycles. The molecule has 0 heterocycles. The van der Waals surface area contributed by atoms with Crippen LogP contribution in [-0.4, -0.2) is 31.5 Å². The summed E-state index contributed by atoms with van der Waals surface area (Å²) in [7, 11) is 1.47. The van der Waals surface area contributed by atoms with Crippen molar-refractivity contribution in [2.24, 2.45) is 0 Å². The Kier molecular flexibility index (Phi) is 12.5. The second-order valence-electron chi connectivity index (χ2n) is 6.49. The summed E-state index contributed by atoms with van der Waals surface area (Å²) in [4.78, 5) is 11.5. The van der Waals surface area contributed by atoms with E-state index in [0.717, 1.165) is 5.57 Å². The first-order chi connectivity index (χ1) is 10.0. The molecular weight excluding hydrogens is 367 g/mol. The number of methoxy groups -OCH3 is 1. The molecule has 0 spiro atoms. The summed E-state index contributed by atoms with van der Waals surface area (Å²) < 4.78 is 10.4. The Morgan fingerprint density at radius 1 is 0.952 bits per heavy atom. The van der Waals surface area contributed by atoms with Crippen molar-refractivity contribution in [3.63, 3.8) is 0 Å². The fraction of sp³-hybridized carbons (Fsp3) is 0.833. The molecule has 2 nitrogen and oxygen atoms in total. The van der Waals surface area contributed by atoms with Crippen molar-refractivity contribution < 1.29 is 9.53 Å². The van der Waals surface area contributed by atoms with Gasteiger partial charge in [0.15, 0.2) is 0 Å². The minimum absolute atomic E-state index is 0.123. The van der Waals surface area contributed by atoms with Crippen molar-refractivity contribution in [2.45, 2.75) is 83.5 Å². The molecule has 124 valence electrons. The summed E-state index contributed by atoms with van der Waals surface area (Å²) in [5.41, 5.74) is 1.14. The van der Waals surface area contributed by atoms with Crippen molar-refractivity contribution in [1.29, 1.82) is 0 Å². The van der Waals surface area contributed by atoms with Gasteiger partial charge in [0.05, 0.1) is 0 Å². The SMILES string of the molecule is C=C(CC(=O)OC)[CH2][Sn]([CH2]CCC)([CH2]CCC)[CH2]CCC. The van der Waals surface area contributed by atoms with Gasteiger partial charge in [-0.1, -0.05) is 0 Å². The number of ether oxygens (including phenoxy) is 1. The Morgan fingerprint density at radius 2 is 1.38 bits per heavy atom. The van der Waals surface area contributed by atoms with Crippen LogP contribution in [0.1, 0.15) is 65.7 Å². The fourth-order valence-corrected chi connectivity index (χ4v) is 19.7. The van der Waals surface area contributed by atoms with Crippen LogP contribution in [0, 0.1) is 0 Å². The zero-order valence-electron chi connectivity index (χ0n) is 14.8. The van der Waals surface area contributed by atoms with Crippen LogP contribution < -0.4 is 0 Å². The minimum atomic E-state index is -2.16. The van der Waals surface area contributed by atoms with Crippen molar-refractivity contribution in [3.8, 4) is 0 Å². The van der Waals surface area contributed by atoms with E-state index in [9.17, 15) is 4.79 Å². The van der Waals surface area contributed by atoms with Crippen molar-refractivity contribution in [1.82, 2.24) is 0 Å². The van der Waals surface area contributed by atoms with E-state index in [1.54, 1.807) is 0 Å². The van der Waals surface area contributed by atoms with E-state index in [1.807, 2.05) is 0 Å². The Labute approximate surface area is 136 Å². The van der Waals surface area contributed by atoms with Gasteiger partial charge in [-0.3, -0.25) is 0 Å².